The van der Waals surface area contributed by atoms with E-state index < -0.39 is 0 Å². The summed E-state index contributed by atoms with van der Waals surface area (Å²) in [5, 5.41) is 8.86. The molecule has 1 aromatic carbocycles. The van der Waals surface area contributed by atoms with Gasteiger partial charge >= 0.3 is 0 Å². The number of H-pyrrole nitrogens is 1. The second kappa shape index (κ2) is 4.24. The molecule has 3 aromatic rings. The smallest absolute Gasteiger partial charge is 0.140 e. The van der Waals surface area contributed by atoms with E-state index in [1.54, 1.807) is 24.5 Å². The van der Waals surface area contributed by atoms with E-state index >= 15 is 0 Å². The monoisotopic (exact) mass is 298 g/mol. The van der Waals surface area contributed by atoms with Crippen LogP contribution in [0.1, 0.15) is 5.56 Å². The summed E-state index contributed by atoms with van der Waals surface area (Å²) in [5.41, 5.74) is 3.21. The molecule has 1 N–H and O–H groups in total. The number of nitriles is 1. The molecule has 86 valence electrons. The standard InChI is InChI=1S/C13H7BrN4/c14-10-4-9(6-16-7-10)13-17-11-2-1-8(5-15)3-12(11)18-13/h1-4,6-7H,(H,17,18). The highest BCUT2D eigenvalue weighted by atomic mass is 79.9. The lowest BCUT2D eigenvalue weighted by atomic mass is 10.2. The van der Waals surface area contributed by atoms with Crippen molar-refractivity contribution in [3.63, 3.8) is 0 Å². The number of fused-ring (bicyclic) bond motifs is 1. The molecule has 5 heteroatoms. The first-order valence-corrected chi connectivity index (χ1v) is 6.06. The minimum Gasteiger partial charge on any atom is -0.338 e. The van der Waals surface area contributed by atoms with Crippen molar-refractivity contribution in [1.82, 2.24) is 15.0 Å². The maximum absolute atomic E-state index is 8.86. The van der Waals surface area contributed by atoms with Crippen LogP contribution in [0.3, 0.4) is 0 Å². The molecule has 18 heavy (non-hydrogen) atoms. The van der Waals surface area contributed by atoms with Gasteiger partial charge in [0.05, 0.1) is 22.7 Å². The number of nitrogens with zero attached hydrogens (tertiary/aromatic N) is 3. The molecule has 3 rings (SSSR count). The lowest BCUT2D eigenvalue weighted by molar-refractivity contribution is 1.26. The van der Waals surface area contributed by atoms with Crippen molar-refractivity contribution in [2.75, 3.05) is 0 Å². The van der Waals surface area contributed by atoms with Gasteiger partial charge in [-0.2, -0.15) is 5.26 Å². The van der Waals surface area contributed by atoms with Crippen molar-refractivity contribution in [3.05, 3.63) is 46.7 Å². The molecule has 0 spiro atoms. The fourth-order valence-electron chi connectivity index (χ4n) is 1.76. The first-order valence-electron chi connectivity index (χ1n) is 5.27. The fraction of sp³-hybridized carbons (Fsp3) is 0. The van der Waals surface area contributed by atoms with Crippen molar-refractivity contribution in [2.24, 2.45) is 0 Å². The third-order valence-corrected chi connectivity index (χ3v) is 3.02. The van der Waals surface area contributed by atoms with Crippen LogP contribution >= 0.6 is 15.9 Å². The first-order chi connectivity index (χ1) is 8.76. The molecule has 0 bridgehead atoms. The lowest BCUT2D eigenvalue weighted by Gasteiger charge is -1.95. The Hall–Kier alpha value is -2.19. The van der Waals surface area contributed by atoms with Crippen molar-refractivity contribution >= 4 is 27.0 Å². The summed E-state index contributed by atoms with van der Waals surface area (Å²) in [6.45, 7) is 0. The molecule has 0 saturated heterocycles. The van der Waals surface area contributed by atoms with E-state index in [4.69, 9.17) is 5.26 Å². The molecule has 0 aliphatic carbocycles. The summed E-state index contributed by atoms with van der Waals surface area (Å²) < 4.78 is 0.901. The molecule has 0 aliphatic rings. The zero-order valence-electron chi connectivity index (χ0n) is 9.18. The summed E-state index contributed by atoms with van der Waals surface area (Å²) in [4.78, 5) is 11.8. The maximum Gasteiger partial charge on any atom is 0.140 e. The molecular weight excluding hydrogens is 292 g/mol. The molecule has 0 aliphatic heterocycles. The van der Waals surface area contributed by atoms with Gasteiger partial charge in [0.1, 0.15) is 5.82 Å². The number of pyridine rings is 1. The molecule has 0 atom stereocenters. The average Bonchev–Trinajstić information content (AvgIpc) is 2.81. The van der Waals surface area contributed by atoms with Crippen LogP contribution in [0.4, 0.5) is 0 Å². The third kappa shape index (κ3) is 1.87. The van der Waals surface area contributed by atoms with Crippen LogP contribution in [0, 0.1) is 11.3 Å². The number of imidazole rings is 1. The van der Waals surface area contributed by atoms with Crippen molar-refractivity contribution in [1.29, 1.82) is 5.26 Å². The Balaban J connectivity index is 2.17. The van der Waals surface area contributed by atoms with E-state index in [0.717, 1.165) is 26.9 Å². The average molecular weight is 299 g/mol. The highest BCUT2D eigenvalue weighted by Crippen LogP contribution is 2.22. The second-order valence-corrected chi connectivity index (χ2v) is 4.74. The molecular formula is C13H7BrN4. The normalized spacial score (nSPS) is 10.4. The topological polar surface area (TPSA) is 65.4 Å². The maximum atomic E-state index is 8.86. The van der Waals surface area contributed by atoms with Gasteiger partial charge in [0.2, 0.25) is 0 Å². The number of benzene rings is 1. The number of nitrogens with one attached hydrogen (secondary N) is 1. The van der Waals surface area contributed by atoms with Gasteiger partial charge in [-0.3, -0.25) is 4.98 Å². The van der Waals surface area contributed by atoms with Crippen LogP contribution in [0.25, 0.3) is 22.4 Å². The summed E-state index contributed by atoms with van der Waals surface area (Å²) in [6.07, 6.45) is 3.47. The van der Waals surface area contributed by atoms with E-state index in [1.807, 2.05) is 12.1 Å². The Labute approximate surface area is 111 Å². The Morgan fingerprint density at radius 2 is 2.11 bits per heavy atom. The number of hydrogen-bond donors (Lipinski definition) is 1. The third-order valence-electron chi connectivity index (χ3n) is 2.59. The van der Waals surface area contributed by atoms with Crippen LogP contribution in [-0.4, -0.2) is 15.0 Å². The Bertz CT molecular complexity index is 770. The molecule has 4 nitrogen and oxygen atoms in total. The zero-order valence-corrected chi connectivity index (χ0v) is 10.8. The number of hydrogen-bond acceptors (Lipinski definition) is 3. The first kappa shape index (κ1) is 10.9. The van der Waals surface area contributed by atoms with E-state index in [9.17, 15) is 0 Å². The minimum absolute atomic E-state index is 0.616. The van der Waals surface area contributed by atoms with Gasteiger partial charge in [-0.05, 0) is 40.2 Å². The number of aromatic nitrogens is 3. The summed E-state index contributed by atoms with van der Waals surface area (Å²) in [6, 6.07) is 9.43. The van der Waals surface area contributed by atoms with Crippen LogP contribution in [0.5, 0.6) is 0 Å². The Morgan fingerprint density at radius 1 is 1.22 bits per heavy atom. The van der Waals surface area contributed by atoms with Gasteiger partial charge in [-0.1, -0.05) is 0 Å². The van der Waals surface area contributed by atoms with Crippen molar-refractivity contribution in [2.45, 2.75) is 0 Å². The zero-order chi connectivity index (χ0) is 12.5. The van der Waals surface area contributed by atoms with E-state index in [1.165, 1.54) is 0 Å². The highest BCUT2D eigenvalue weighted by molar-refractivity contribution is 9.10. The highest BCUT2D eigenvalue weighted by Gasteiger charge is 2.06. The summed E-state index contributed by atoms with van der Waals surface area (Å²) in [7, 11) is 0. The molecule has 2 aromatic heterocycles. The Kier molecular flexibility index (Phi) is 2.58. The number of halogens is 1. The minimum atomic E-state index is 0.616. The van der Waals surface area contributed by atoms with Gasteiger partial charge in [0, 0.05) is 22.4 Å². The largest absolute Gasteiger partial charge is 0.338 e. The lowest BCUT2D eigenvalue weighted by Crippen LogP contribution is -1.82. The molecule has 0 radical (unpaired) electrons. The van der Waals surface area contributed by atoms with Crippen LogP contribution in [0.15, 0.2) is 41.1 Å². The molecule has 0 saturated carbocycles. The predicted octanol–water partition coefficient (Wildman–Crippen LogP) is 3.26. The molecule has 0 fully saturated rings. The number of rotatable bonds is 1. The van der Waals surface area contributed by atoms with Gasteiger partial charge in [0.25, 0.3) is 0 Å². The molecule has 0 amide bonds. The second-order valence-electron chi connectivity index (χ2n) is 3.82. The van der Waals surface area contributed by atoms with Gasteiger partial charge < -0.3 is 4.98 Å². The van der Waals surface area contributed by atoms with Crippen LogP contribution in [0.2, 0.25) is 0 Å². The fourth-order valence-corrected chi connectivity index (χ4v) is 2.12. The van der Waals surface area contributed by atoms with Gasteiger partial charge in [-0.25, -0.2) is 4.98 Å². The quantitative estimate of drug-likeness (QED) is 0.750. The number of aromatic amines is 1. The van der Waals surface area contributed by atoms with Gasteiger partial charge in [-0.15, -0.1) is 0 Å². The van der Waals surface area contributed by atoms with Crippen LogP contribution < -0.4 is 0 Å². The SMILES string of the molecule is N#Cc1ccc2nc(-c3cncc(Br)c3)[nH]c2c1. The van der Waals surface area contributed by atoms with Crippen molar-refractivity contribution < 1.29 is 0 Å². The van der Waals surface area contributed by atoms with Gasteiger partial charge in [0.15, 0.2) is 0 Å². The van der Waals surface area contributed by atoms with E-state index in [0.29, 0.717) is 5.56 Å². The Morgan fingerprint density at radius 3 is 2.89 bits per heavy atom. The molecule has 0 unspecified atom stereocenters. The van der Waals surface area contributed by atoms with E-state index in [2.05, 4.69) is 37.0 Å². The predicted molar refractivity (Wildman–Crippen MR) is 71.7 cm³/mol. The van der Waals surface area contributed by atoms with Crippen molar-refractivity contribution in [3.8, 4) is 17.5 Å². The summed E-state index contributed by atoms with van der Waals surface area (Å²) in [5.74, 6) is 0.744. The molecule has 2 heterocycles. The van der Waals surface area contributed by atoms with Crippen LogP contribution in [-0.2, 0) is 0 Å². The van der Waals surface area contributed by atoms with E-state index in [-0.39, 0.29) is 0 Å². The summed E-state index contributed by atoms with van der Waals surface area (Å²) >= 11 is 3.38.